The molecule has 1 saturated heterocycles. The third-order valence-electron chi connectivity index (χ3n) is 4.22. The zero-order valence-corrected chi connectivity index (χ0v) is 12.8. The van der Waals surface area contributed by atoms with Crippen molar-refractivity contribution in [3.8, 4) is 11.8 Å². The number of nitrogens with one attached hydrogen (secondary N) is 1. The number of ether oxygens (including phenoxy) is 1. The molecule has 112 valence electrons. The van der Waals surface area contributed by atoms with Crippen LogP contribution in [0.2, 0.25) is 0 Å². The lowest BCUT2D eigenvalue weighted by molar-refractivity contribution is -0.116. The van der Waals surface area contributed by atoms with Gasteiger partial charge in [0.05, 0.1) is 11.7 Å². The molecule has 2 heterocycles. The van der Waals surface area contributed by atoms with Crippen LogP contribution in [0.3, 0.4) is 0 Å². The van der Waals surface area contributed by atoms with E-state index in [9.17, 15) is 4.79 Å². The normalized spacial score (nSPS) is 24.5. The van der Waals surface area contributed by atoms with Gasteiger partial charge >= 0.3 is 0 Å². The van der Waals surface area contributed by atoms with Crippen LogP contribution in [-0.2, 0) is 16.6 Å². The maximum atomic E-state index is 11.9. The van der Waals surface area contributed by atoms with Crippen LogP contribution in [0.15, 0.2) is 0 Å². The Labute approximate surface area is 125 Å². The lowest BCUT2D eigenvalue weighted by Crippen LogP contribution is -2.36. The summed E-state index contributed by atoms with van der Waals surface area (Å²) < 4.78 is 7.71. The highest BCUT2D eigenvalue weighted by Crippen LogP contribution is 2.33. The van der Waals surface area contributed by atoms with Crippen LogP contribution < -0.4 is 5.32 Å². The molecule has 2 fully saturated rings. The molecule has 2 aliphatic rings. The van der Waals surface area contributed by atoms with E-state index in [4.69, 9.17) is 4.74 Å². The van der Waals surface area contributed by atoms with Crippen LogP contribution in [0.5, 0.6) is 0 Å². The van der Waals surface area contributed by atoms with Crippen LogP contribution in [0.25, 0.3) is 0 Å². The van der Waals surface area contributed by atoms with E-state index >= 15 is 0 Å². The third-order valence-corrected chi connectivity index (χ3v) is 4.22. The molecule has 1 aliphatic carbocycles. The average Bonchev–Trinajstić information content (AvgIpc) is 3.11. The summed E-state index contributed by atoms with van der Waals surface area (Å²) in [5.74, 6) is 5.94. The van der Waals surface area contributed by atoms with Crippen LogP contribution >= 0.6 is 0 Å². The van der Waals surface area contributed by atoms with E-state index in [1.54, 1.807) is 0 Å². The topological polar surface area (TPSA) is 56.1 Å². The number of nitrogens with zero attached hydrogens (tertiary/aromatic N) is 2. The van der Waals surface area contributed by atoms with Crippen molar-refractivity contribution in [1.82, 2.24) is 15.1 Å². The van der Waals surface area contributed by atoms with Crippen molar-refractivity contribution in [2.45, 2.75) is 45.3 Å². The molecule has 0 unspecified atom stereocenters. The summed E-state index contributed by atoms with van der Waals surface area (Å²) in [6, 6.07) is -0.0207. The fourth-order valence-corrected chi connectivity index (χ4v) is 2.82. The second-order valence-corrected chi connectivity index (χ2v) is 5.91. The predicted octanol–water partition coefficient (Wildman–Crippen LogP) is 1.40. The van der Waals surface area contributed by atoms with Gasteiger partial charge < -0.3 is 10.1 Å². The van der Waals surface area contributed by atoms with Crippen LogP contribution in [-0.4, -0.2) is 28.3 Å². The third kappa shape index (κ3) is 2.96. The second kappa shape index (κ2) is 5.53. The van der Waals surface area contributed by atoms with E-state index in [0.717, 1.165) is 36.2 Å². The lowest BCUT2D eigenvalue weighted by Gasteiger charge is -2.19. The zero-order valence-electron chi connectivity index (χ0n) is 12.8. The number of hydrogen-bond acceptors (Lipinski definition) is 3. The Morgan fingerprint density at radius 3 is 2.76 bits per heavy atom. The van der Waals surface area contributed by atoms with Gasteiger partial charge in [-0.3, -0.25) is 9.48 Å². The molecule has 1 amide bonds. The molecule has 2 atom stereocenters. The van der Waals surface area contributed by atoms with Crippen LogP contribution in [0.4, 0.5) is 0 Å². The maximum absolute atomic E-state index is 11.9. The summed E-state index contributed by atoms with van der Waals surface area (Å²) in [7, 11) is 1.93. The van der Waals surface area contributed by atoms with E-state index in [1.807, 2.05) is 25.6 Å². The first-order valence-corrected chi connectivity index (χ1v) is 7.50. The Morgan fingerprint density at radius 2 is 2.14 bits per heavy atom. The van der Waals surface area contributed by atoms with Crippen molar-refractivity contribution in [3.05, 3.63) is 17.0 Å². The first-order chi connectivity index (χ1) is 10.1. The van der Waals surface area contributed by atoms with Gasteiger partial charge in [-0.2, -0.15) is 5.10 Å². The smallest absolute Gasteiger partial charge is 0.296 e. The molecule has 3 rings (SSSR count). The minimum absolute atomic E-state index is 0.0207. The molecule has 5 nitrogen and oxygen atoms in total. The number of rotatable bonds is 2. The first-order valence-electron chi connectivity index (χ1n) is 7.50. The summed E-state index contributed by atoms with van der Waals surface area (Å²) in [5.41, 5.74) is 3.14. The van der Waals surface area contributed by atoms with Crippen molar-refractivity contribution in [2.24, 2.45) is 13.0 Å². The van der Waals surface area contributed by atoms with Crippen LogP contribution in [0, 0.1) is 31.6 Å². The summed E-state index contributed by atoms with van der Waals surface area (Å²) >= 11 is 0. The highest BCUT2D eigenvalue weighted by molar-refractivity contribution is 5.93. The molecule has 1 aromatic rings. The number of aryl methyl sites for hydroxylation is 2. The van der Waals surface area contributed by atoms with Crippen molar-refractivity contribution in [2.75, 3.05) is 6.61 Å². The van der Waals surface area contributed by atoms with E-state index in [0.29, 0.717) is 12.5 Å². The number of carbonyl (C=O) groups excluding carboxylic acids is 1. The maximum Gasteiger partial charge on any atom is 0.296 e. The molecule has 1 aliphatic heterocycles. The standard InChI is InChI=1S/C16H21N3O2/c1-10-15(11(2)19(3)18-10)16-13(8-9-21-16)17-14(20)7-6-12-4-5-12/h12-13,16H,4-5,8-9H2,1-3H3,(H,17,20)/t13-,16-/m0/s1. The van der Waals surface area contributed by atoms with Gasteiger partial charge in [0, 0.05) is 30.8 Å². The zero-order chi connectivity index (χ0) is 15.0. The van der Waals surface area contributed by atoms with Crippen molar-refractivity contribution < 1.29 is 9.53 Å². The van der Waals surface area contributed by atoms with Gasteiger partial charge in [0.2, 0.25) is 0 Å². The highest BCUT2D eigenvalue weighted by Gasteiger charge is 2.34. The van der Waals surface area contributed by atoms with Crippen LogP contribution in [0.1, 0.15) is 42.3 Å². The molecule has 1 N–H and O–H groups in total. The molecular formula is C16H21N3O2. The predicted molar refractivity (Wildman–Crippen MR) is 78.4 cm³/mol. The minimum Gasteiger partial charge on any atom is -0.371 e. The van der Waals surface area contributed by atoms with Crippen molar-refractivity contribution >= 4 is 5.91 Å². The molecule has 0 radical (unpaired) electrons. The van der Waals surface area contributed by atoms with Gasteiger partial charge in [-0.25, -0.2) is 0 Å². The summed E-state index contributed by atoms with van der Waals surface area (Å²) in [4.78, 5) is 11.9. The number of hydrogen-bond donors (Lipinski definition) is 1. The molecule has 21 heavy (non-hydrogen) atoms. The lowest BCUT2D eigenvalue weighted by atomic mass is 10.0. The number of aromatic nitrogens is 2. The number of amides is 1. The Hall–Kier alpha value is -1.80. The Kier molecular flexibility index (Phi) is 3.73. The Bertz CT molecular complexity index is 619. The van der Waals surface area contributed by atoms with Gasteiger partial charge in [-0.1, -0.05) is 5.92 Å². The fourth-order valence-electron chi connectivity index (χ4n) is 2.82. The first kappa shape index (κ1) is 14.2. The number of carbonyl (C=O) groups is 1. The molecule has 0 aromatic carbocycles. The van der Waals surface area contributed by atoms with Gasteiger partial charge in [-0.05, 0) is 39.0 Å². The summed E-state index contributed by atoms with van der Waals surface area (Å²) in [6.45, 7) is 4.66. The van der Waals surface area contributed by atoms with E-state index < -0.39 is 0 Å². The molecule has 5 heteroatoms. The average molecular weight is 287 g/mol. The second-order valence-electron chi connectivity index (χ2n) is 5.91. The minimum atomic E-state index is -0.193. The van der Waals surface area contributed by atoms with Crippen molar-refractivity contribution in [3.63, 3.8) is 0 Å². The van der Waals surface area contributed by atoms with E-state index in [-0.39, 0.29) is 18.1 Å². The summed E-state index contributed by atoms with van der Waals surface area (Å²) in [6.07, 6.45) is 2.95. The molecule has 1 aromatic heterocycles. The van der Waals surface area contributed by atoms with E-state index in [1.165, 1.54) is 0 Å². The molecule has 1 saturated carbocycles. The quantitative estimate of drug-likeness (QED) is 0.837. The SMILES string of the molecule is Cc1nn(C)c(C)c1[C@H]1OCC[C@@H]1NC(=O)C#CC1CC1. The molecule has 0 bridgehead atoms. The van der Waals surface area contributed by atoms with Gasteiger partial charge in [0.15, 0.2) is 0 Å². The van der Waals surface area contributed by atoms with Gasteiger partial charge in [0.1, 0.15) is 6.10 Å². The fraction of sp³-hybridized carbons (Fsp3) is 0.625. The Morgan fingerprint density at radius 1 is 1.38 bits per heavy atom. The summed E-state index contributed by atoms with van der Waals surface area (Å²) in [5, 5.41) is 7.43. The highest BCUT2D eigenvalue weighted by atomic mass is 16.5. The molecular weight excluding hydrogens is 266 g/mol. The van der Waals surface area contributed by atoms with Crippen molar-refractivity contribution in [1.29, 1.82) is 0 Å². The largest absolute Gasteiger partial charge is 0.371 e. The molecule has 0 spiro atoms. The Balaban J connectivity index is 1.73. The van der Waals surface area contributed by atoms with Gasteiger partial charge in [-0.15, -0.1) is 0 Å². The van der Waals surface area contributed by atoms with Gasteiger partial charge in [0.25, 0.3) is 5.91 Å². The monoisotopic (exact) mass is 287 g/mol. The van der Waals surface area contributed by atoms with E-state index in [2.05, 4.69) is 22.3 Å².